The molecule has 0 aliphatic carbocycles. The highest BCUT2D eigenvalue weighted by Crippen LogP contribution is 2.28. The summed E-state index contributed by atoms with van der Waals surface area (Å²) in [6.07, 6.45) is 3.60. The van der Waals surface area contributed by atoms with Crippen LogP contribution in [-0.2, 0) is 13.5 Å². The number of hydrogen-bond donors (Lipinski definition) is 1. The van der Waals surface area contributed by atoms with E-state index in [0.717, 1.165) is 25.8 Å². The highest BCUT2D eigenvalue weighted by Gasteiger charge is 2.25. The van der Waals surface area contributed by atoms with Crippen LogP contribution in [0.4, 0.5) is 11.5 Å². The lowest BCUT2D eigenvalue weighted by molar-refractivity contribution is -0.384. The molecule has 0 spiro atoms. The smallest absolute Gasteiger partial charge is 0.333 e. The first-order valence-corrected chi connectivity index (χ1v) is 6.91. The number of aromatic nitrogens is 2. The molecule has 6 heteroatoms. The van der Waals surface area contributed by atoms with Crippen LogP contribution in [0, 0.1) is 16.0 Å². The number of anilines is 1. The Morgan fingerprint density at radius 2 is 2.16 bits per heavy atom. The minimum absolute atomic E-state index is 0.133. The normalized spacial score (nSPS) is 11.0. The summed E-state index contributed by atoms with van der Waals surface area (Å²) in [5.74, 6) is 1.18. The van der Waals surface area contributed by atoms with Crippen molar-refractivity contribution in [2.75, 3.05) is 11.9 Å². The van der Waals surface area contributed by atoms with E-state index in [0.29, 0.717) is 23.9 Å². The molecular weight excluding hydrogens is 244 g/mol. The molecule has 1 heterocycles. The van der Waals surface area contributed by atoms with Crippen molar-refractivity contribution in [1.29, 1.82) is 0 Å². The minimum atomic E-state index is -0.331. The average Bonchev–Trinajstić information content (AvgIpc) is 2.61. The Morgan fingerprint density at radius 1 is 1.47 bits per heavy atom. The van der Waals surface area contributed by atoms with Crippen LogP contribution in [0.25, 0.3) is 0 Å². The van der Waals surface area contributed by atoms with E-state index in [1.807, 2.05) is 6.92 Å². The van der Waals surface area contributed by atoms with E-state index in [2.05, 4.69) is 24.3 Å². The van der Waals surface area contributed by atoms with Crippen LogP contribution >= 0.6 is 0 Å². The largest absolute Gasteiger partial charge is 0.365 e. The molecule has 0 saturated carbocycles. The van der Waals surface area contributed by atoms with E-state index < -0.39 is 0 Å². The Hall–Kier alpha value is -1.59. The maximum Gasteiger partial charge on any atom is 0.333 e. The molecule has 6 nitrogen and oxygen atoms in total. The van der Waals surface area contributed by atoms with Crippen LogP contribution < -0.4 is 5.32 Å². The van der Waals surface area contributed by atoms with Crippen LogP contribution in [0.1, 0.15) is 45.7 Å². The summed E-state index contributed by atoms with van der Waals surface area (Å²) in [7, 11) is 1.75. The fourth-order valence-corrected chi connectivity index (χ4v) is 2.08. The van der Waals surface area contributed by atoms with Crippen molar-refractivity contribution in [3.05, 3.63) is 15.8 Å². The Labute approximate surface area is 114 Å². The van der Waals surface area contributed by atoms with Gasteiger partial charge < -0.3 is 5.32 Å². The van der Waals surface area contributed by atoms with Gasteiger partial charge in [0.05, 0.1) is 4.92 Å². The Kier molecular flexibility index (Phi) is 5.79. The van der Waals surface area contributed by atoms with Gasteiger partial charge in [0.25, 0.3) is 0 Å². The summed E-state index contributed by atoms with van der Waals surface area (Å²) in [5, 5.41) is 18.6. The molecule has 0 atom stereocenters. The number of aryl methyl sites for hydroxylation is 2. The van der Waals surface area contributed by atoms with Crippen molar-refractivity contribution in [2.45, 2.75) is 46.5 Å². The van der Waals surface area contributed by atoms with Gasteiger partial charge in [0, 0.05) is 13.6 Å². The van der Waals surface area contributed by atoms with Crippen LogP contribution in [0.2, 0.25) is 0 Å². The fourth-order valence-electron chi connectivity index (χ4n) is 2.08. The van der Waals surface area contributed by atoms with E-state index >= 15 is 0 Å². The highest BCUT2D eigenvalue weighted by molar-refractivity contribution is 5.59. The Balaban J connectivity index is 2.78. The number of nitrogens with one attached hydrogen (secondary N) is 1. The molecule has 0 aliphatic heterocycles. The first-order valence-electron chi connectivity index (χ1n) is 6.91. The zero-order chi connectivity index (χ0) is 14.4. The van der Waals surface area contributed by atoms with Crippen LogP contribution in [0.5, 0.6) is 0 Å². The maximum atomic E-state index is 11.2. The molecule has 0 unspecified atom stereocenters. The zero-order valence-electron chi connectivity index (χ0n) is 12.3. The van der Waals surface area contributed by atoms with Gasteiger partial charge in [0.1, 0.15) is 5.69 Å². The predicted octanol–water partition coefficient (Wildman–Crippen LogP) is 3.13. The third kappa shape index (κ3) is 4.22. The third-order valence-corrected chi connectivity index (χ3v) is 3.01. The van der Waals surface area contributed by atoms with Crippen molar-refractivity contribution in [3.63, 3.8) is 0 Å². The van der Waals surface area contributed by atoms with Gasteiger partial charge >= 0.3 is 5.69 Å². The van der Waals surface area contributed by atoms with Crippen molar-refractivity contribution < 1.29 is 4.92 Å². The lowest BCUT2D eigenvalue weighted by Crippen LogP contribution is -2.08. The molecule has 1 rings (SSSR count). The van der Waals surface area contributed by atoms with Crippen molar-refractivity contribution in [3.8, 4) is 0 Å². The summed E-state index contributed by atoms with van der Waals surface area (Å²) in [5.41, 5.74) is 0.704. The molecule has 0 amide bonds. The first kappa shape index (κ1) is 15.5. The SMILES string of the molecule is CCCc1nn(C)c(NCCCC(C)C)c1[N+](=O)[O-]. The van der Waals surface area contributed by atoms with Gasteiger partial charge in [0.2, 0.25) is 5.82 Å². The molecule has 1 N–H and O–H groups in total. The summed E-state index contributed by atoms with van der Waals surface area (Å²) in [6.45, 7) is 7.08. The molecule has 108 valence electrons. The second-order valence-corrected chi connectivity index (χ2v) is 5.24. The van der Waals surface area contributed by atoms with Gasteiger partial charge in [-0.15, -0.1) is 0 Å². The summed E-state index contributed by atoms with van der Waals surface area (Å²) < 4.78 is 1.58. The summed E-state index contributed by atoms with van der Waals surface area (Å²) in [6, 6.07) is 0. The fraction of sp³-hybridized carbons (Fsp3) is 0.769. The molecule has 0 bridgehead atoms. The average molecular weight is 268 g/mol. The Bertz CT molecular complexity index is 427. The first-order chi connectivity index (χ1) is 8.97. The Morgan fingerprint density at radius 3 is 2.68 bits per heavy atom. The molecule has 0 radical (unpaired) electrons. The van der Waals surface area contributed by atoms with E-state index in [1.54, 1.807) is 11.7 Å². The molecule has 0 aromatic carbocycles. The summed E-state index contributed by atoms with van der Waals surface area (Å²) in [4.78, 5) is 10.9. The standard InChI is InChI=1S/C13H24N4O2/c1-5-7-11-12(17(18)19)13(16(4)15-11)14-9-6-8-10(2)3/h10,14H,5-9H2,1-4H3. The number of nitro groups is 1. The molecule has 1 aromatic heterocycles. The van der Waals surface area contributed by atoms with E-state index in [4.69, 9.17) is 0 Å². The number of nitrogens with zero attached hydrogens (tertiary/aromatic N) is 3. The number of hydrogen-bond acceptors (Lipinski definition) is 4. The highest BCUT2D eigenvalue weighted by atomic mass is 16.6. The zero-order valence-corrected chi connectivity index (χ0v) is 12.3. The quantitative estimate of drug-likeness (QED) is 0.446. The van der Waals surface area contributed by atoms with Crippen LogP contribution in [-0.4, -0.2) is 21.2 Å². The predicted molar refractivity (Wildman–Crippen MR) is 76.4 cm³/mol. The molecule has 0 fully saturated rings. The van der Waals surface area contributed by atoms with E-state index in [9.17, 15) is 10.1 Å². The van der Waals surface area contributed by atoms with Gasteiger partial charge in [0.15, 0.2) is 0 Å². The van der Waals surface area contributed by atoms with Crippen molar-refractivity contribution >= 4 is 11.5 Å². The minimum Gasteiger partial charge on any atom is -0.365 e. The number of rotatable bonds is 8. The van der Waals surface area contributed by atoms with Gasteiger partial charge in [-0.05, 0) is 25.2 Å². The topological polar surface area (TPSA) is 73.0 Å². The monoisotopic (exact) mass is 268 g/mol. The van der Waals surface area contributed by atoms with Crippen molar-refractivity contribution in [2.24, 2.45) is 13.0 Å². The van der Waals surface area contributed by atoms with Gasteiger partial charge in [-0.1, -0.05) is 27.2 Å². The second kappa shape index (κ2) is 7.11. The molecule has 19 heavy (non-hydrogen) atoms. The maximum absolute atomic E-state index is 11.2. The van der Waals surface area contributed by atoms with Crippen LogP contribution in [0.15, 0.2) is 0 Å². The lowest BCUT2D eigenvalue weighted by Gasteiger charge is -2.07. The third-order valence-electron chi connectivity index (χ3n) is 3.01. The molecule has 0 saturated heterocycles. The van der Waals surface area contributed by atoms with Gasteiger partial charge in [-0.2, -0.15) is 5.10 Å². The van der Waals surface area contributed by atoms with Crippen LogP contribution in [0.3, 0.4) is 0 Å². The molecule has 1 aromatic rings. The van der Waals surface area contributed by atoms with E-state index in [-0.39, 0.29) is 10.6 Å². The van der Waals surface area contributed by atoms with Crippen molar-refractivity contribution in [1.82, 2.24) is 9.78 Å². The molecule has 0 aliphatic rings. The van der Waals surface area contributed by atoms with Gasteiger partial charge in [-0.25, -0.2) is 4.68 Å². The van der Waals surface area contributed by atoms with Gasteiger partial charge in [-0.3, -0.25) is 10.1 Å². The van der Waals surface area contributed by atoms with E-state index in [1.165, 1.54) is 0 Å². The molecular formula is C13H24N4O2. The lowest BCUT2D eigenvalue weighted by atomic mass is 10.1. The second-order valence-electron chi connectivity index (χ2n) is 5.24. The summed E-state index contributed by atoms with van der Waals surface area (Å²) >= 11 is 0.